The topological polar surface area (TPSA) is 84.7 Å². The van der Waals surface area contributed by atoms with Gasteiger partial charge in [-0.2, -0.15) is 14.1 Å². The van der Waals surface area contributed by atoms with Crippen LogP contribution in [0, 0.1) is 5.82 Å². The summed E-state index contributed by atoms with van der Waals surface area (Å²) in [6, 6.07) is 14.7. The van der Waals surface area contributed by atoms with Gasteiger partial charge in [0.1, 0.15) is 11.5 Å². The van der Waals surface area contributed by atoms with Crippen molar-refractivity contribution < 1.29 is 17.5 Å². The second kappa shape index (κ2) is 10.0. The predicted molar refractivity (Wildman–Crippen MR) is 136 cm³/mol. The van der Waals surface area contributed by atoms with Crippen molar-refractivity contribution in [2.45, 2.75) is 37.8 Å². The van der Waals surface area contributed by atoms with Crippen LogP contribution in [0.1, 0.15) is 37.3 Å². The fourth-order valence-corrected chi connectivity index (χ4v) is 6.12. The second-order valence-corrected chi connectivity index (χ2v) is 11.3. The van der Waals surface area contributed by atoms with Gasteiger partial charge in [-0.25, -0.2) is 12.8 Å². The van der Waals surface area contributed by atoms with Crippen molar-refractivity contribution in [3.63, 3.8) is 0 Å². The number of sulfonamides is 1. The van der Waals surface area contributed by atoms with Crippen molar-refractivity contribution in [1.29, 1.82) is 0 Å². The van der Waals surface area contributed by atoms with Gasteiger partial charge in [-0.3, -0.25) is 4.79 Å². The third kappa shape index (κ3) is 5.01. The molecule has 2 fully saturated rings. The number of piperazine rings is 1. The first-order chi connectivity index (χ1) is 17.3. The van der Waals surface area contributed by atoms with Crippen molar-refractivity contribution in [2.75, 3.05) is 30.8 Å². The highest BCUT2D eigenvalue weighted by Gasteiger charge is 2.36. The molecular weight excluding hydrogens is 483 g/mol. The Kier molecular flexibility index (Phi) is 6.81. The minimum absolute atomic E-state index is 0.0814. The van der Waals surface area contributed by atoms with E-state index < -0.39 is 27.4 Å². The van der Waals surface area contributed by atoms with Crippen LogP contribution >= 0.6 is 0 Å². The molecule has 5 rings (SSSR count). The Morgan fingerprint density at radius 2 is 1.78 bits per heavy atom. The van der Waals surface area contributed by atoms with E-state index in [2.05, 4.69) is 5.10 Å². The average Bonchev–Trinajstić information content (AvgIpc) is 3.38. The van der Waals surface area contributed by atoms with E-state index >= 15 is 0 Å². The molecule has 2 aliphatic rings. The van der Waals surface area contributed by atoms with Crippen LogP contribution in [0.2, 0.25) is 0 Å². The van der Waals surface area contributed by atoms with Crippen LogP contribution in [-0.2, 0) is 10.0 Å². The Morgan fingerprint density at radius 3 is 2.47 bits per heavy atom. The molecule has 10 heteroatoms. The summed E-state index contributed by atoms with van der Waals surface area (Å²) in [7, 11) is -3.45. The summed E-state index contributed by atoms with van der Waals surface area (Å²) in [5.41, 5.74) is 1.24. The maximum absolute atomic E-state index is 13.9. The van der Waals surface area contributed by atoms with Crippen LogP contribution in [0.15, 0.2) is 65.6 Å². The SMILES string of the molecule is CS(=O)(=O)N1CCN(c2cnn(-c3cccc(F)c3)c(=O)c2OC2CCCC2)CC1c1ccccc1. The predicted octanol–water partition coefficient (Wildman–Crippen LogP) is 3.52. The first kappa shape index (κ1) is 24.5. The van der Waals surface area contributed by atoms with E-state index in [1.807, 2.05) is 35.2 Å². The number of halogens is 1. The molecule has 0 N–H and O–H groups in total. The van der Waals surface area contributed by atoms with Gasteiger partial charge in [0.25, 0.3) is 0 Å². The summed E-state index contributed by atoms with van der Waals surface area (Å²) >= 11 is 0. The Balaban J connectivity index is 1.56. The van der Waals surface area contributed by atoms with Gasteiger partial charge in [0, 0.05) is 19.6 Å². The molecule has 1 atom stereocenters. The molecule has 0 radical (unpaired) electrons. The van der Waals surface area contributed by atoms with Crippen molar-refractivity contribution in [3.05, 3.63) is 82.5 Å². The zero-order valence-corrected chi connectivity index (χ0v) is 20.9. The number of ether oxygens (including phenoxy) is 1. The molecule has 0 bridgehead atoms. The lowest BCUT2D eigenvalue weighted by Gasteiger charge is -2.41. The van der Waals surface area contributed by atoms with Crippen LogP contribution in [0.5, 0.6) is 5.75 Å². The van der Waals surface area contributed by atoms with E-state index in [-0.39, 0.29) is 18.4 Å². The number of hydrogen-bond acceptors (Lipinski definition) is 6. The van der Waals surface area contributed by atoms with Gasteiger partial charge in [-0.15, -0.1) is 0 Å². The molecule has 36 heavy (non-hydrogen) atoms. The first-order valence-electron chi connectivity index (χ1n) is 12.1. The normalized spacial score (nSPS) is 19.5. The Morgan fingerprint density at radius 1 is 1.03 bits per heavy atom. The third-order valence-electron chi connectivity index (χ3n) is 6.84. The number of rotatable bonds is 6. The fourth-order valence-electron chi connectivity index (χ4n) is 5.06. The summed E-state index contributed by atoms with van der Waals surface area (Å²) in [6.07, 6.45) is 6.48. The molecule has 1 saturated heterocycles. The van der Waals surface area contributed by atoms with E-state index in [9.17, 15) is 17.6 Å². The molecular formula is C26H29FN4O4S. The lowest BCUT2D eigenvalue weighted by atomic mass is 10.0. The van der Waals surface area contributed by atoms with Gasteiger partial charge in [0.2, 0.25) is 15.8 Å². The van der Waals surface area contributed by atoms with Gasteiger partial charge in [0.05, 0.1) is 30.3 Å². The molecule has 2 aromatic carbocycles. The van der Waals surface area contributed by atoms with Crippen LogP contribution < -0.4 is 15.2 Å². The quantitative estimate of drug-likeness (QED) is 0.503. The highest BCUT2D eigenvalue weighted by Crippen LogP contribution is 2.34. The molecule has 8 nitrogen and oxygen atoms in total. The van der Waals surface area contributed by atoms with Crippen molar-refractivity contribution >= 4 is 15.7 Å². The molecule has 0 amide bonds. The van der Waals surface area contributed by atoms with Gasteiger partial charge in [-0.05, 0) is 49.4 Å². The molecule has 0 spiro atoms. The summed E-state index contributed by atoms with van der Waals surface area (Å²) < 4.78 is 48.0. The minimum atomic E-state index is -3.45. The highest BCUT2D eigenvalue weighted by atomic mass is 32.2. The summed E-state index contributed by atoms with van der Waals surface area (Å²) in [4.78, 5) is 15.6. The first-order valence-corrected chi connectivity index (χ1v) is 14.0. The largest absolute Gasteiger partial charge is 0.483 e. The smallest absolute Gasteiger partial charge is 0.316 e. The number of benzene rings is 2. The van der Waals surface area contributed by atoms with Gasteiger partial charge >= 0.3 is 5.56 Å². The molecule has 3 aromatic rings. The maximum atomic E-state index is 13.9. The molecule has 1 unspecified atom stereocenters. The van der Waals surface area contributed by atoms with Crippen molar-refractivity contribution in [1.82, 2.24) is 14.1 Å². The summed E-state index contributed by atoms with van der Waals surface area (Å²) in [5, 5.41) is 4.35. The number of nitrogens with zero attached hydrogens (tertiary/aromatic N) is 4. The monoisotopic (exact) mass is 512 g/mol. The number of anilines is 1. The Hall–Kier alpha value is -3.24. The van der Waals surface area contributed by atoms with Gasteiger partial charge in [0.15, 0.2) is 0 Å². The number of hydrogen-bond donors (Lipinski definition) is 0. The molecule has 190 valence electrons. The highest BCUT2D eigenvalue weighted by molar-refractivity contribution is 7.88. The zero-order chi connectivity index (χ0) is 25.3. The fraction of sp³-hybridized carbons (Fsp3) is 0.385. The van der Waals surface area contributed by atoms with Crippen molar-refractivity contribution in [3.8, 4) is 11.4 Å². The lowest BCUT2D eigenvalue weighted by molar-refractivity contribution is 0.205. The molecule has 2 heterocycles. The lowest BCUT2D eigenvalue weighted by Crippen LogP contribution is -2.50. The van der Waals surface area contributed by atoms with E-state index in [0.29, 0.717) is 24.5 Å². The second-order valence-electron chi connectivity index (χ2n) is 9.33. The van der Waals surface area contributed by atoms with E-state index in [0.717, 1.165) is 35.9 Å². The van der Waals surface area contributed by atoms with Crippen LogP contribution in [0.4, 0.5) is 10.1 Å². The summed E-state index contributed by atoms with van der Waals surface area (Å²) in [5.74, 6) is -0.299. The molecule has 1 aromatic heterocycles. The number of aromatic nitrogens is 2. The van der Waals surface area contributed by atoms with Crippen LogP contribution in [0.3, 0.4) is 0 Å². The van der Waals surface area contributed by atoms with Crippen LogP contribution in [-0.4, -0.2) is 54.5 Å². The molecule has 1 aliphatic carbocycles. The van der Waals surface area contributed by atoms with Gasteiger partial charge in [-0.1, -0.05) is 36.4 Å². The minimum Gasteiger partial charge on any atom is -0.483 e. The maximum Gasteiger partial charge on any atom is 0.316 e. The third-order valence-corrected chi connectivity index (χ3v) is 8.13. The Bertz CT molecular complexity index is 1390. The molecule has 1 aliphatic heterocycles. The molecule has 1 saturated carbocycles. The average molecular weight is 513 g/mol. The van der Waals surface area contributed by atoms with E-state index in [1.54, 1.807) is 12.3 Å². The van der Waals surface area contributed by atoms with Crippen molar-refractivity contribution in [2.24, 2.45) is 0 Å². The van der Waals surface area contributed by atoms with E-state index in [4.69, 9.17) is 4.74 Å². The zero-order valence-electron chi connectivity index (χ0n) is 20.1. The Labute approximate surface area is 210 Å². The summed E-state index contributed by atoms with van der Waals surface area (Å²) in [6.45, 7) is 0.972. The van der Waals surface area contributed by atoms with Crippen LogP contribution in [0.25, 0.3) is 5.69 Å². The standard InChI is InChI=1S/C26H29FN4O4S/c1-36(33,34)30-15-14-29(18-24(30)19-8-3-2-4-9-19)23-17-28-31(21-11-7-10-20(27)16-21)26(32)25(23)35-22-12-5-6-13-22/h2-4,7-11,16-17,22,24H,5-6,12-15,18H2,1H3. The van der Waals surface area contributed by atoms with Gasteiger partial charge < -0.3 is 9.64 Å². The van der Waals surface area contributed by atoms with E-state index in [1.165, 1.54) is 28.8 Å².